The van der Waals surface area contributed by atoms with Crippen LogP contribution in [0, 0.1) is 6.92 Å². The van der Waals surface area contributed by atoms with Gasteiger partial charge in [-0.3, -0.25) is 9.89 Å². The maximum absolute atomic E-state index is 12.1. The first-order chi connectivity index (χ1) is 9.74. The predicted octanol–water partition coefficient (Wildman–Crippen LogP) is 1.44. The van der Waals surface area contributed by atoms with E-state index in [1.807, 2.05) is 0 Å². The molecule has 20 heavy (non-hydrogen) atoms. The van der Waals surface area contributed by atoms with E-state index < -0.39 is 0 Å². The molecule has 1 saturated carbocycles. The Morgan fingerprint density at radius 2 is 2.45 bits per heavy atom. The van der Waals surface area contributed by atoms with Gasteiger partial charge >= 0.3 is 0 Å². The van der Waals surface area contributed by atoms with Gasteiger partial charge < -0.3 is 14.6 Å². The van der Waals surface area contributed by atoms with E-state index in [4.69, 9.17) is 9.26 Å². The minimum absolute atomic E-state index is 0.00769. The molecular weight excluding hydrogens is 260 g/mol. The van der Waals surface area contributed by atoms with Gasteiger partial charge in [-0.15, -0.1) is 0 Å². The molecule has 2 aromatic rings. The Bertz CT molecular complexity index is 578. The van der Waals surface area contributed by atoms with Crippen molar-refractivity contribution in [2.24, 2.45) is 0 Å². The summed E-state index contributed by atoms with van der Waals surface area (Å²) in [7, 11) is 0. The van der Waals surface area contributed by atoms with Gasteiger partial charge in [0.2, 0.25) is 0 Å². The van der Waals surface area contributed by atoms with E-state index in [2.05, 4.69) is 20.7 Å². The van der Waals surface area contributed by atoms with Gasteiger partial charge in [-0.25, -0.2) is 0 Å². The number of carbonyl (C=O) groups excluding carboxylic acids is 1. The summed E-state index contributed by atoms with van der Waals surface area (Å²) in [4.78, 5) is 12.1. The normalized spacial score (nSPS) is 21.9. The number of aromatic amines is 1. The fourth-order valence-electron chi connectivity index (χ4n) is 2.47. The summed E-state index contributed by atoms with van der Waals surface area (Å²) in [6, 6.07) is -0.00769. The van der Waals surface area contributed by atoms with Crippen LogP contribution in [0.15, 0.2) is 23.2 Å². The van der Waals surface area contributed by atoms with Gasteiger partial charge in [0.1, 0.15) is 17.9 Å². The second-order valence-corrected chi connectivity index (χ2v) is 4.91. The van der Waals surface area contributed by atoms with Crippen LogP contribution in [0.1, 0.15) is 35.3 Å². The van der Waals surface area contributed by atoms with E-state index in [0.29, 0.717) is 17.0 Å². The quantitative estimate of drug-likeness (QED) is 0.881. The number of nitrogens with one attached hydrogen (secondary N) is 2. The van der Waals surface area contributed by atoms with Crippen LogP contribution < -0.4 is 10.1 Å². The monoisotopic (exact) mass is 276 g/mol. The third kappa shape index (κ3) is 2.52. The molecule has 1 aliphatic rings. The predicted molar refractivity (Wildman–Crippen MR) is 69.3 cm³/mol. The standard InChI is InChI=1S/C13H16N4O3/c1-8-10(7-19-17-8)13(18)16-11-3-2-4-12(11)20-9-5-14-15-6-9/h5-7,11-12H,2-4H2,1H3,(H,14,15)(H,16,18)/t11-,12+/m0/s1. The second-order valence-electron chi connectivity index (χ2n) is 4.91. The number of hydrogen-bond donors (Lipinski definition) is 2. The molecule has 0 saturated heterocycles. The Kier molecular flexibility index (Phi) is 3.41. The maximum Gasteiger partial charge on any atom is 0.256 e. The van der Waals surface area contributed by atoms with Crippen LogP contribution in [0.4, 0.5) is 0 Å². The molecule has 1 fully saturated rings. The van der Waals surface area contributed by atoms with Crippen LogP contribution in [0.25, 0.3) is 0 Å². The van der Waals surface area contributed by atoms with Crippen LogP contribution in [-0.2, 0) is 0 Å². The fourth-order valence-corrected chi connectivity index (χ4v) is 2.47. The van der Waals surface area contributed by atoms with Crippen molar-refractivity contribution in [2.45, 2.75) is 38.3 Å². The van der Waals surface area contributed by atoms with Crippen molar-refractivity contribution in [3.8, 4) is 5.75 Å². The van der Waals surface area contributed by atoms with E-state index in [-0.39, 0.29) is 18.1 Å². The van der Waals surface area contributed by atoms with E-state index in [9.17, 15) is 4.79 Å². The van der Waals surface area contributed by atoms with Gasteiger partial charge in [-0.05, 0) is 26.2 Å². The smallest absolute Gasteiger partial charge is 0.256 e. The van der Waals surface area contributed by atoms with Crippen LogP contribution >= 0.6 is 0 Å². The molecule has 106 valence electrons. The number of aryl methyl sites for hydroxylation is 1. The molecule has 0 unspecified atom stereocenters. The largest absolute Gasteiger partial charge is 0.485 e. The first-order valence-electron chi connectivity index (χ1n) is 6.61. The highest BCUT2D eigenvalue weighted by Gasteiger charge is 2.31. The molecule has 7 nitrogen and oxygen atoms in total. The maximum atomic E-state index is 12.1. The third-order valence-corrected chi connectivity index (χ3v) is 3.52. The Morgan fingerprint density at radius 3 is 3.15 bits per heavy atom. The lowest BCUT2D eigenvalue weighted by molar-refractivity contribution is 0.0893. The number of amides is 1. The minimum Gasteiger partial charge on any atom is -0.485 e. The number of nitrogens with zero attached hydrogens (tertiary/aromatic N) is 2. The molecule has 2 aromatic heterocycles. The minimum atomic E-state index is -0.170. The van der Waals surface area contributed by atoms with Crippen LogP contribution in [-0.4, -0.2) is 33.4 Å². The summed E-state index contributed by atoms with van der Waals surface area (Å²) in [6.07, 6.45) is 7.50. The molecule has 1 amide bonds. The van der Waals surface area contributed by atoms with Gasteiger partial charge in [-0.1, -0.05) is 5.16 Å². The van der Waals surface area contributed by atoms with Crippen LogP contribution in [0.5, 0.6) is 5.75 Å². The zero-order valence-corrected chi connectivity index (χ0v) is 11.1. The summed E-state index contributed by atoms with van der Waals surface area (Å²) in [5.74, 6) is 0.522. The van der Waals surface area contributed by atoms with Gasteiger partial charge in [0, 0.05) is 0 Å². The molecule has 0 spiro atoms. The number of H-pyrrole nitrogens is 1. The van der Waals surface area contributed by atoms with Crippen molar-refractivity contribution in [1.29, 1.82) is 0 Å². The molecule has 0 aromatic carbocycles. The van der Waals surface area contributed by atoms with Gasteiger partial charge in [-0.2, -0.15) is 5.10 Å². The molecular formula is C13H16N4O3. The summed E-state index contributed by atoms with van der Waals surface area (Å²) in [5, 5.41) is 13.3. The summed E-state index contributed by atoms with van der Waals surface area (Å²) in [5.41, 5.74) is 1.06. The first kappa shape index (κ1) is 12.7. The highest BCUT2D eigenvalue weighted by Crippen LogP contribution is 2.24. The molecule has 2 N–H and O–H groups in total. The average molecular weight is 276 g/mol. The number of aromatic nitrogens is 3. The molecule has 2 heterocycles. The molecule has 2 atom stereocenters. The number of carbonyl (C=O) groups is 1. The molecule has 0 aliphatic heterocycles. The highest BCUT2D eigenvalue weighted by atomic mass is 16.5. The average Bonchev–Trinajstić information content (AvgIpc) is 3.13. The van der Waals surface area contributed by atoms with E-state index in [0.717, 1.165) is 19.3 Å². The lowest BCUT2D eigenvalue weighted by Crippen LogP contribution is -2.42. The van der Waals surface area contributed by atoms with E-state index in [1.165, 1.54) is 6.26 Å². The highest BCUT2D eigenvalue weighted by molar-refractivity contribution is 5.95. The van der Waals surface area contributed by atoms with E-state index in [1.54, 1.807) is 19.3 Å². The topological polar surface area (TPSA) is 93.0 Å². The molecule has 3 rings (SSSR count). The number of hydrogen-bond acceptors (Lipinski definition) is 5. The van der Waals surface area contributed by atoms with Crippen LogP contribution in [0.3, 0.4) is 0 Å². The molecule has 1 aliphatic carbocycles. The van der Waals surface area contributed by atoms with Crippen molar-refractivity contribution in [1.82, 2.24) is 20.7 Å². The Morgan fingerprint density at radius 1 is 1.55 bits per heavy atom. The van der Waals surface area contributed by atoms with Gasteiger partial charge in [0.15, 0.2) is 5.75 Å². The zero-order valence-electron chi connectivity index (χ0n) is 11.1. The summed E-state index contributed by atoms with van der Waals surface area (Å²) < 4.78 is 10.6. The summed E-state index contributed by atoms with van der Waals surface area (Å²) >= 11 is 0. The number of rotatable bonds is 4. The van der Waals surface area contributed by atoms with Crippen molar-refractivity contribution >= 4 is 5.91 Å². The Labute approximate surface area is 115 Å². The van der Waals surface area contributed by atoms with Crippen molar-refractivity contribution in [3.63, 3.8) is 0 Å². The zero-order chi connectivity index (χ0) is 13.9. The molecule has 0 radical (unpaired) electrons. The van der Waals surface area contributed by atoms with Crippen molar-refractivity contribution in [2.75, 3.05) is 0 Å². The SMILES string of the molecule is Cc1nocc1C(=O)N[C@H]1CCC[C@H]1Oc1cn[nH]c1. The fraction of sp³-hybridized carbons (Fsp3) is 0.462. The lowest BCUT2D eigenvalue weighted by Gasteiger charge is -2.21. The molecule has 0 bridgehead atoms. The van der Waals surface area contributed by atoms with Gasteiger partial charge in [0.05, 0.1) is 24.1 Å². The van der Waals surface area contributed by atoms with E-state index >= 15 is 0 Å². The van der Waals surface area contributed by atoms with Gasteiger partial charge in [0.25, 0.3) is 5.91 Å². The van der Waals surface area contributed by atoms with Crippen molar-refractivity contribution < 1.29 is 14.1 Å². The lowest BCUT2D eigenvalue weighted by atomic mass is 10.2. The third-order valence-electron chi connectivity index (χ3n) is 3.52. The second kappa shape index (κ2) is 5.36. The van der Waals surface area contributed by atoms with Crippen LogP contribution in [0.2, 0.25) is 0 Å². The van der Waals surface area contributed by atoms with Crippen molar-refractivity contribution in [3.05, 3.63) is 29.9 Å². The first-order valence-corrected chi connectivity index (χ1v) is 6.61. The number of ether oxygens (including phenoxy) is 1. The Hall–Kier alpha value is -2.31. The molecule has 7 heteroatoms. The Balaban J connectivity index is 1.64. The summed E-state index contributed by atoms with van der Waals surface area (Å²) in [6.45, 7) is 1.74.